The number of amides is 1. The Kier molecular flexibility index (Phi) is 7.03. The van der Waals surface area contributed by atoms with Gasteiger partial charge in [-0.15, -0.1) is 0 Å². The number of nitrogens with zero attached hydrogens (tertiary/aromatic N) is 1. The summed E-state index contributed by atoms with van der Waals surface area (Å²) in [6.07, 6.45) is 4.48. The van der Waals surface area contributed by atoms with Gasteiger partial charge in [-0.25, -0.2) is 4.39 Å². The van der Waals surface area contributed by atoms with Gasteiger partial charge >= 0.3 is 5.97 Å². The molecule has 1 aliphatic rings. The van der Waals surface area contributed by atoms with Crippen molar-refractivity contribution in [3.8, 4) is 5.75 Å². The van der Waals surface area contributed by atoms with E-state index in [1.165, 1.54) is 12.1 Å². The lowest BCUT2D eigenvalue weighted by atomic mass is 9.97. The fourth-order valence-corrected chi connectivity index (χ4v) is 3.01. The molecule has 1 aromatic carbocycles. The van der Waals surface area contributed by atoms with Crippen molar-refractivity contribution in [3.63, 3.8) is 0 Å². The first-order valence-corrected chi connectivity index (χ1v) is 8.46. The number of likely N-dealkylation sites (tertiary alicyclic amines) is 1. The van der Waals surface area contributed by atoms with Crippen LogP contribution in [0.15, 0.2) is 24.3 Å². The van der Waals surface area contributed by atoms with Crippen LogP contribution >= 0.6 is 0 Å². The molecule has 1 aromatic rings. The van der Waals surface area contributed by atoms with E-state index < -0.39 is 5.97 Å². The minimum absolute atomic E-state index is 0.0420. The maximum atomic E-state index is 12.8. The van der Waals surface area contributed by atoms with Crippen LogP contribution in [0.2, 0.25) is 0 Å². The van der Waals surface area contributed by atoms with E-state index in [0.29, 0.717) is 38.2 Å². The molecule has 6 heteroatoms. The predicted octanol–water partition coefficient (Wildman–Crippen LogP) is 3.23. The van der Waals surface area contributed by atoms with E-state index in [9.17, 15) is 14.0 Å². The van der Waals surface area contributed by atoms with Crippen molar-refractivity contribution in [3.05, 3.63) is 30.1 Å². The Balaban J connectivity index is 1.73. The molecule has 132 valence electrons. The molecular weight excluding hydrogens is 313 g/mol. The van der Waals surface area contributed by atoms with Gasteiger partial charge in [0.1, 0.15) is 11.6 Å². The van der Waals surface area contributed by atoms with E-state index in [1.807, 2.05) is 4.90 Å². The van der Waals surface area contributed by atoms with Crippen LogP contribution in [0.3, 0.4) is 0 Å². The Labute approximate surface area is 141 Å². The first-order valence-electron chi connectivity index (χ1n) is 8.46. The van der Waals surface area contributed by atoms with E-state index in [4.69, 9.17) is 9.84 Å². The minimum Gasteiger partial charge on any atom is -0.494 e. The smallest absolute Gasteiger partial charge is 0.303 e. The maximum Gasteiger partial charge on any atom is 0.303 e. The molecule has 0 aromatic heterocycles. The van der Waals surface area contributed by atoms with Gasteiger partial charge in [-0.05, 0) is 56.4 Å². The Bertz CT molecular complexity index is 546. The third-order valence-electron chi connectivity index (χ3n) is 4.26. The fourth-order valence-electron chi connectivity index (χ4n) is 3.01. The van der Waals surface area contributed by atoms with Crippen molar-refractivity contribution in [2.24, 2.45) is 0 Å². The summed E-state index contributed by atoms with van der Waals surface area (Å²) in [6, 6.07) is 5.83. The topological polar surface area (TPSA) is 66.8 Å². The van der Waals surface area contributed by atoms with E-state index in [-0.39, 0.29) is 24.2 Å². The van der Waals surface area contributed by atoms with E-state index >= 15 is 0 Å². The second-order valence-electron chi connectivity index (χ2n) is 6.08. The number of halogens is 1. The zero-order chi connectivity index (χ0) is 17.4. The molecule has 1 fully saturated rings. The molecule has 1 N–H and O–H groups in total. The lowest BCUT2D eigenvalue weighted by Gasteiger charge is -2.35. The second kappa shape index (κ2) is 9.25. The summed E-state index contributed by atoms with van der Waals surface area (Å²) in [5.41, 5.74) is 0. The number of rotatable bonds is 8. The van der Waals surface area contributed by atoms with Crippen molar-refractivity contribution in [1.29, 1.82) is 0 Å². The molecular formula is C18H24FNO4. The molecule has 0 bridgehead atoms. The molecule has 2 rings (SSSR count). The number of carbonyl (C=O) groups excluding carboxylic acids is 1. The van der Waals surface area contributed by atoms with Crippen molar-refractivity contribution in [2.75, 3.05) is 13.2 Å². The molecule has 0 aliphatic carbocycles. The standard InChI is InChI=1S/C18H24FNO4/c19-14-6-9-16(10-7-14)24-13-3-5-17(21)20-12-2-1-4-15(20)8-11-18(22)23/h6-7,9-10,15H,1-5,8,11-13H2,(H,22,23). The summed E-state index contributed by atoms with van der Waals surface area (Å²) in [5, 5.41) is 8.82. The molecule has 0 radical (unpaired) electrons. The van der Waals surface area contributed by atoms with Crippen LogP contribution in [0.4, 0.5) is 4.39 Å². The van der Waals surface area contributed by atoms with Gasteiger partial charge in [-0.1, -0.05) is 0 Å². The zero-order valence-electron chi connectivity index (χ0n) is 13.7. The second-order valence-corrected chi connectivity index (χ2v) is 6.08. The number of hydrogen-bond donors (Lipinski definition) is 1. The van der Waals surface area contributed by atoms with Crippen LogP contribution < -0.4 is 4.74 Å². The average molecular weight is 337 g/mol. The Morgan fingerprint density at radius 3 is 2.67 bits per heavy atom. The van der Waals surface area contributed by atoms with Crippen molar-refractivity contribution < 1.29 is 23.8 Å². The van der Waals surface area contributed by atoms with Crippen molar-refractivity contribution in [1.82, 2.24) is 4.90 Å². The van der Waals surface area contributed by atoms with Crippen LogP contribution in [0.1, 0.15) is 44.9 Å². The van der Waals surface area contributed by atoms with Crippen LogP contribution in [0.5, 0.6) is 5.75 Å². The highest BCUT2D eigenvalue weighted by Gasteiger charge is 2.26. The van der Waals surface area contributed by atoms with Gasteiger partial charge in [0, 0.05) is 25.4 Å². The van der Waals surface area contributed by atoms with Gasteiger partial charge in [-0.3, -0.25) is 9.59 Å². The van der Waals surface area contributed by atoms with Gasteiger partial charge in [0.15, 0.2) is 0 Å². The average Bonchev–Trinajstić information content (AvgIpc) is 2.58. The lowest BCUT2D eigenvalue weighted by molar-refractivity contribution is -0.140. The van der Waals surface area contributed by atoms with Gasteiger partial charge in [0.2, 0.25) is 5.91 Å². The van der Waals surface area contributed by atoms with Crippen LogP contribution in [-0.4, -0.2) is 41.1 Å². The molecule has 1 amide bonds. The molecule has 24 heavy (non-hydrogen) atoms. The maximum absolute atomic E-state index is 12.8. The summed E-state index contributed by atoms with van der Waals surface area (Å²) < 4.78 is 18.3. The molecule has 5 nitrogen and oxygen atoms in total. The number of benzene rings is 1. The highest BCUT2D eigenvalue weighted by Crippen LogP contribution is 2.22. The lowest BCUT2D eigenvalue weighted by Crippen LogP contribution is -2.44. The number of ether oxygens (including phenoxy) is 1. The molecule has 1 atom stereocenters. The van der Waals surface area contributed by atoms with Crippen molar-refractivity contribution in [2.45, 2.75) is 51.0 Å². The summed E-state index contributed by atoms with van der Waals surface area (Å²) >= 11 is 0. The number of carboxylic acids is 1. The number of hydrogen-bond acceptors (Lipinski definition) is 3. The molecule has 1 unspecified atom stereocenters. The van der Waals surface area contributed by atoms with E-state index in [2.05, 4.69) is 0 Å². The van der Waals surface area contributed by atoms with Gasteiger partial charge < -0.3 is 14.7 Å². The molecule has 1 aliphatic heterocycles. The normalized spacial score (nSPS) is 17.5. The zero-order valence-corrected chi connectivity index (χ0v) is 13.7. The van der Waals surface area contributed by atoms with Gasteiger partial charge in [-0.2, -0.15) is 0 Å². The largest absolute Gasteiger partial charge is 0.494 e. The molecule has 1 saturated heterocycles. The first kappa shape index (κ1) is 18.2. The number of aliphatic carboxylic acids is 1. The van der Waals surface area contributed by atoms with Crippen LogP contribution in [-0.2, 0) is 9.59 Å². The van der Waals surface area contributed by atoms with Crippen LogP contribution in [0, 0.1) is 5.82 Å². The Morgan fingerprint density at radius 1 is 1.21 bits per heavy atom. The van der Waals surface area contributed by atoms with Gasteiger partial charge in [0.05, 0.1) is 6.61 Å². The summed E-state index contributed by atoms with van der Waals surface area (Å²) in [7, 11) is 0. The summed E-state index contributed by atoms with van der Waals surface area (Å²) in [5.74, 6) is -0.482. The fraction of sp³-hybridized carbons (Fsp3) is 0.556. The monoisotopic (exact) mass is 337 g/mol. The minimum atomic E-state index is -0.819. The number of carboxylic acid groups (broad SMARTS) is 1. The van der Waals surface area contributed by atoms with E-state index in [1.54, 1.807) is 12.1 Å². The molecule has 1 heterocycles. The third-order valence-corrected chi connectivity index (χ3v) is 4.26. The number of piperidine rings is 1. The number of carbonyl (C=O) groups is 2. The highest BCUT2D eigenvalue weighted by molar-refractivity contribution is 5.76. The molecule has 0 saturated carbocycles. The SMILES string of the molecule is O=C(O)CCC1CCCCN1C(=O)CCCOc1ccc(F)cc1. The van der Waals surface area contributed by atoms with E-state index in [0.717, 1.165) is 19.3 Å². The predicted molar refractivity (Wildman–Crippen MR) is 87.4 cm³/mol. The molecule has 0 spiro atoms. The highest BCUT2D eigenvalue weighted by atomic mass is 19.1. The first-order chi connectivity index (χ1) is 11.6. The Morgan fingerprint density at radius 2 is 1.96 bits per heavy atom. The quantitative estimate of drug-likeness (QED) is 0.740. The van der Waals surface area contributed by atoms with Crippen LogP contribution in [0.25, 0.3) is 0 Å². The summed E-state index contributed by atoms with van der Waals surface area (Å²) in [4.78, 5) is 25.0. The van der Waals surface area contributed by atoms with Crippen molar-refractivity contribution >= 4 is 11.9 Å². The van der Waals surface area contributed by atoms with Gasteiger partial charge in [0.25, 0.3) is 0 Å². The third kappa shape index (κ3) is 5.83. The Hall–Kier alpha value is -2.11. The summed E-state index contributed by atoms with van der Waals surface area (Å²) in [6.45, 7) is 1.10.